The zero-order chi connectivity index (χ0) is 14.5. The molecule has 1 fully saturated rings. The van der Waals surface area contributed by atoms with Gasteiger partial charge < -0.3 is 10.2 Å². The van der Waals surface area contributed by atoms with Crippen molar-refractivity contribution in [1.29, 1.82) is 0 Å². The SMILES string of the molecule is CC(NC(=O)CCN1CCSC1=O)c1ccc(Cl)cc1. The average molecular weight is 313 g/mol. The molecule has 0 spiro atoms. The number of carbonyl (C=O) groups is 2. The molecule has 0 radical (unpaired) electrons. The molecule has 0 aromatic heterocycles. The minimum Gasteiger partial charge on any atom is -0.350 e. The lowest BCUT2D eigenvalue weighted by Crippen LogP contribution is -2.32. The van der Waals surface area contributed by atoms with Crippen LogP contribution in [0.4, 0.5) is 4.79 Å². The zero-order valence-electron chi connectivity index (χ0n) is 11.3. The third kappa shape index (κ3) is 4.15. The monoisotopic (exact) mass is 312 g/mol. The van der Waals surface area contributed by atoms with Crippen LogP contribution >= 0.6 is 23.4 Å². The summed E-state index contributed by atoms with van der Waals surface area (Å²) in [5, 5.41) is 3.68. The van der Waals surface area contributed by atoms with Crippen LogP contribution in [-0.2, 0) is 4.79 Å². The third-order valence-corrected chi connectivity index (χ3v) is 4.35. The van der Waals surface area contributed by atoms with Crippen molar-refractivity contribution in [3.63, 3.8) is 0 Å². The lowest BCUT2D eigenvalue weighted by atomic mass is 10.1. The highest BCUT2D eigenvalue weighted by atomic mass is 35.5. The van der Waals surface area contributed by atoms with E-state index in [1.165, 1.54) is 11.8 Å². The van der Waals surface area contributed by atoms with Gasteiger partial charge in [-0.25, -0.2) is 0 Å². The van der Waals surface area contributed by atoms with Crippen molar-refractivity contribution < 1.29 is 9.59 Å². The number of halogens is 1. The Morgan fingerprint density at radius 3 is 2.75 bits per heavy atom. The minimum absolute atomic E-state index is 0.0443. The van der Waals surface area contributed by atoms with Crippen LogP contribution in [0.3, 0.4) is 0 Å². The second-order valence-electron chi connectivity index (χ2n) is 4.69. The number of hydrogen-bond acceptors (Lipinski definition) is 3. The Kier molecular flexibility index (Phi) is 5.31. The lowest BCUT2D eigenvalue weighted by molar-refractivity contribution is -0.121. The van der Waals surface area contributed by atoms with Gasteiger partial charge in [-0.2, -0.15) is 0 Å². The second-order valence-corrected chi connectivity index (χ2v) is 6.17. The van der Waals surface area contributed by atoms with Crippen LogP contribution in [0.5, 0.6) is 0 Å². The Morgan fingerprint density at radius 1 is 1.45 bits per heavy atom. The first kappa shape index (κ1) is 15.2. The summed E-state index contributed by atoms with van der Waals surface area (Å²) in [6.45, 7) is 3.16. The Hall–Kier alpha value is -1.20. The second kappa shape index (κ2) is 6.99. The van der Waals surface area contributed by atoms with E-state index in [1.807, 2.05) is 19.1 Å². The smallest absolute Gasteiger partial charge is 0.281 e. The normalized spacial score (nSPS) is 16.3. The molecule has 1 aromatic carbocycles. The van der Waals surface area contributed by atoms with Crippen LogP contribution < -0.4 is 5.32 Å². The summed E-state index contributed by atoms with van der Waals surface area (Å²) in [6.07, 6.45) is 0.338. The Labute approximate surface area is 127 Å². The lowest BCUT2D eigenvalue weighted by Gasteiger charge is -2.17. The van der Waals surface area contributed by atoms with Gasteiger partial charge >= 0.3 is 0 Å². The van der Waals surface area contributed by atoms with E-state index in [2.05, 4.69) is 5.32 Å². The molecule has 4 nitrogen and oxygen atoms in total. The first-order valence-electron chi connectivity index (χ1n) is 6.53. The van der Waals surface area contributed by atoms with E-state index in [0.717, 1.165) is 17.9 Å². The first-order valence-corrected chi connectivity index (χ1v) is 7.89. The first-order chi connectivity index (χ1) is 9.56. The number of nitrogens with one attached hydrogen (secondary N) is 1. The van der Waals surface area contributed by atoms with Crippen molar-refractivity contribution >= 4 is 34.5 Å². The van der Waals surface area contributed by atoms with Gasteiger partial charge in [0, 0.05) is 30.3 Å². The fraction of sp³-hybridized carbons (Fsp3) is 0.429. The van der Waals surface area contributed by atoms with Crippen molar-refractivity contribution in [2.45, 2.75) is 19.4 Å². The minimum atomic E-state index is -0.0663. The molecule has 1 aliphatic rings. The van der Waals surface area contributed by atoms with E-state index >= 15 is 0 Å². The quantitative estimate of drug-likeness (QED) is 0.909. The highest BCUT2D eigenvalue weighted by Crippen LogP contribution is 2.18. The van der Waals surface area contributed by atoms with Gasteiger partial charge in [-0.05, 0) is 24.6 Å². The van der Waals surface area contributed by atoms with E-state index in [-0.39, 0.29) is 17.2 Å². The van der Waals surface area contributed by atoms with Crippen molar-refractivity contribution in [2.75, 3.05) is 18.8 Å². The molecule has 1 saturated heterocycles. The number of nitrogens with zero attached hydrogens (tertiary/aromatic N) is 1. The zero-order valence-corrected chi connectivity index (χ0v) is 12.8. The highest BCUT2D eigenvalue weighted by Gasteiger charge is 2.21. The molecular formula is C14H17ClN2O2S. The molecule has 1 aliphatic heterocycles. The number of rotatable bonds is 5. The molecule has 0 bridgehead atoms. The molecule has 2 amide bonds. The maximum Gasteiger partial charge on any atom is 0.281 e. The molecule has 1 heterocycles. The van der Waals surface area contributed by atoms with Gasteiger partial charge in [-0.1, -0.05) is 35.5 Å². The maximum absolute atomic E-state index is 11.9. The van der Waals surface area contributed by atoms with Crippen molar-refractivity contribution in [1.82, 2.24) is 10.2 Å². The van der Waals surface area contributed by atoms with Crippen LogP contribution in [-0.4, -0.2) is 34.9 Å². The van der Waals surface area contributed by atoms with E-state index in [4.69, 9.17) is 11.6 Å². The summed E-state index contributed by atoms with van der Waals surface area (Å²) in [4.78, 5) is 25.0. The van der Waals surface area contributed by atoms with E-state index < -0.39 is 0 Å². The molecule has 1 N–H and O–H groups in total. The van der Waals surface area contributed by atoms with Crippen molar-refractivity contribution in [2.24, 2.45) is 0 Å². The topological polar surface area (TPSA) is 49.4 Å². The van der Waals surface area contributed by atoms with E-state index in [9.17, 15) is 9.59 Å². The molecule has 1 aromatic rings. The van der Waals surface area contributed by atoms with Gasteiger partial charge in [-0.15, -0.1) is 0 Å². The molecule has 0 aliphatic carbocycles. The van der Waals surface area contributed by atoms with E-state index in [1.54, 1.807) is 17.0 Å². The maximum atomic E-state index is 11.9. The summed E-state index contributed by atoms with van der Waals surface area (Å²) in [7, 11) is 0. The summed E-state index contributed by atoms with van der Waals surface area (Å²) in [5.74, 6) is 0.777. The molecule has 108 valence electrons. The molecule has 2 rings (SSSR count). The van der Waals surface area contributed by atoms with Crippen molar-refractivity contribution in [3.05, 3.63) is 34.9 Å². The van der Waals surface area contributed by atoms with Crippen LogP contribution in [0, 0.1) is 0 Å². The Balaban J connectivity index is 1.79. The predicted molar refractivity (Wildman–Crippen MR) is 82.1 cm³/mol. The third-order valence-electron chi connectivity index (χ3n) is 3.20. The predicted octanol–water partition coefficient (Wildman–Crippen LogP) is 3.08. The van der Waals surface area contributed by atoms with E-state index in [0.29, 0.717) is 18.0 Å². The van der Waals surface area contributed by atoms with Crippen LogP contribution in [0.15, 0.2) is 24.3 Å². The van der Waals surface area contributed by atoms with Crippen LogP contribution in [0.1, 0.15) is 24.9 Å². The number of benzene rings is 1. The van der Waals surface area contributed by atoms with Gasteiger partial charge in [0.1, 0.15) is 0 Å². The Morgan fingerprint density at radius 2 is 2.15 bits per heavy atom. The Bertz CT molecular complexity index is 492. The molecular weight excluding hydrogens is 296 g/mol. The summed E-state index contributed by atoms with van der Waals surface area (Å²) < 4.78 is 0. The van der Waals surface area contributed by atoms with Crippen LogP contribution in [0.25, 0.3) is 0 Å². The van der Waals surface area contributed by atoms with Crippen molar-refractivity contribution in [3.8, 4) is 0 Å². The fourth-order valence-electron chi connectivity index (χ4n) is 2.01. The number of thioether (sulfide) groups is 1. The molecule has 1 atom stereocenters. The number of carbonyl (C=O) groups excluding carboxylic acids is 2. The average Bonchev–Trinajstić information content (AvgIpc) is 2.82. The molecule has 1 unspecified atom stereocenters. The number of amides is 2. The van der Waals surface area contributed by atoms with Gasteiger partial charge in [0.05, 0.1) is 6.04 Å². The van der Waals surface area contributed by atoms with Gasteiger partial charge in [-0.3, -0.25) is 9.59 Å². The standard InChI is InChI=1S/C14H17ClN2O2S/c1-10(11-2-4-12(15)5-3-11)16-13(18)6-7-17-8-9-20-14(17)19/h2-5,10H,6-9H2,1H3,(H,16,18). The molecule has 6 heteroatoms. The fourth-order valence-corrected chi connectivity index (χ4v) is 2.99. The van der Waals surface area contributed by atoms with Crippen LogP contribution in [0.2, 0.25) is 5.02 Å². The molecule has 0 saturated carbocycles. The van der Waals surface area contributed by atoms with Gasteiger partial charge in [0.2, 0.25) is 5.91 Å². The number of hydrogen-bond donors (Lipinski definition) is 1. The largest absolute Gasteiger partial charge is 0.350 e. The van der Waals surface area contributed by atoms with Gasteiger partial charge in [0.15, 0.2) is 0 Å². The summed E-state index contributed by atoms with van der Waals surface area (Å²) in [6, 6.07) is 7.34. The summed E-state index contributed by atoms with van der Waals surface area (Å²) >= 11 is 7.14. The van der Waals surface area contributed by atoms with Gasteiger partial charge in [0.25, 0.3) is 5.24 Å². The molecule has 20 heavy (non-hydrogen) atoms. The highest BCUT2D eigenvalue weighted by molar-refractivity contribution is 8.13. The summed E-state index contributed by atoms with van der Waals surface area (Å²) in [5.41, 5.74) is 1.01.